The molecule has 0 fully saturated rings. The highest BCUT2D eigenvalue weighted by Crippen LogP contribution is 2.42. The third kappa shape index (κ3) is 9.68. The highest BCUT2D eigenvalue weighted by atomic mass is 16.5. The number of carbonyl (C=O) groups is 1. The Morgan fingerprint density at radius 2 is 1.60 bits per heavy atom. The first-order chi connectivity index (χ1) is 19.9. The van der Waals surface area contributed by atoms with E-state index in [0.29, 0.717) is 11.3 Å². The molecule has 1 aliphatic heterocycles. The lowest BCUT2D eigenvalue weighted by Crippen LogP contribution is -2.36. The van der Waals surface area contributed by atoms with Crippen molar-refractivity contribution in [1.29, 1.82) is 0 Å². The van der Waals surface area contributed by atoms with Gasteiger partial charge in [-0.3, -0.25) is 0 Å². The number of allylic oxidation sites excluding steroid dienone is 6. The summed E-state index contributed by atoms with van der Waals surface area (Å²) in [6.07, 6.45) is 18.0. The predicted molar refractivity (Wildman–Crippen MR) is 172 cm³/mol. The van der Waals surface area contributed by atoms with Gasteiger partial charge in [0.25, 0.3) is 0 Å². The van der Waals surface area contributed by atoms with E-state index in [4.69, 9.17) is 9.47 Å². The summed E-state index contributed by atoms with van der Waals surface area (Å²) >= 11 is 0. The van der Waals surface area contributed by atoms with Crippen molar-refractivity contribution < 1.29 is 24.5 Å². The summed E-state index contributed by atoms with van der Waals surface area (Å²) < 4.78 is 12.3. The van der Waals surface area contributed by atoms with Crippen LogP contribution in [0.3, 0.4) is 0 Å². The Bertz CT molecular complexity index is 1390. The lowest BCUT2D eigenvalue weighted by atomic mass is 9.86. The van der Waals surface area contributed by atoms with Crippen LogP contribution in [0.1, 0.15) is 102 Å². The van der Waals surface area contributed by atoms with E-state index in [0.717, 1.165) is 73.8 Å². The van der Waals surface area contributed by atoms with Gasteiger partial charge in [0.2, 0.25) is 0 Å². The van der Waals surface area contributed by atoms with E-state index >= 15 is 0 Å². The van der Waals surface area contributed by atoms with Crippen LogP contribution in [-0.2, 0) is 11.2 Å². The second kappa shape index (κ2) is 14.9. The highest BCUT2D eigenvalue weighted by molar-refractivity contribution is 5.89. The molecule has 0 amide bonds. The van der Waals surface area contributed by atoms with Gasteiger partial charge in [-0.05, 0) is 146 Å². The van der Waals surface area contributed by atoms with Crippen molar-refractivity contribution >= 4 is 12.0 Å². The Morgan fingerprint density at radius 3 is 2.26 bits per heavy atom. The Kier molecular flexibility index (Phi) is 11.7. The zero-order chi connectivity index (χ0) is 30.9. The largest absolute Gasteiger partial charge is 0.504 e. The second-order valence-corrected chi connectivity index (χ2v) is 12.2. The number of ether oxygens (including phenoxy) is 2. The minimum absolute atomic E-state index is 0.209. The Balaban J connectivity index is 1.56. The first-order valence-corrected chi connectivity index (χ1v) is 15.1. The summed E-state index contributed by atoms with van der Waals surface area (Å²) in [4.78, 5) is 12.5. The van der Waals surface area contributed by atoms with Gasteiger partial charge >= 0.3 is 5.97 Å². The maximum Gasteiger partial charge on any atom is 0.336 e. The summed E-state index contributed by atoms with van der Waals surface area (Å²) in [5, 5.41) is 19.1. The molecule has 3 rings (SSSR count). The number of benzene rings is 2. The fourth-order valence-electron chi connectivity index (χ4n) is 5.15. The van der Waals surface area contributed by atoms with E-state index in [1.807, 2.05) is 19.9 Å². The molecule has 5 heteroatoms. The van der Waals surface area contributed by atoms with Crippen molar-refractivity contribution in [2.24, 2.45) is 0 Å². The molecule has 0 aromatic heterocycles. The van der Waals surface area contributed by atoms with Crippen LogP contribution in [0.15, 0.2) is 65.3 Å². The minimum atomic E-state index is -0.511. The summed E-state index contributed by atoms with van der Waals surface area (Å²) in [5.41, 5.74) is 7.56. The summed E-state index contributed by atoms with van der Waals surface area (Å²) in [7, 11) is 0. The van der Waals surface area contributed by atoms with Crippen molar-refractivity contribution in [2.75, 3.05) is 0 Å². The fourth-order valence-corrected chi connectivity index (χ4v) is 5.15. The molecule has 0 aliphatic carbocycles. The van der Waals surface area contributed by atoms with Gasteiger partial charge in [0.05, 0.1) is 0 Å². The van der Waals surface area contributed by atoms with Crippen LogP contribution in [-0.4, -0.2) is 21.8 Å². The Hall–Kier alpha value is -3.73. The number of hydrogen-bond acceptors (Lipinski definition) is 5. The summed E-state index contributed by atoms with van der Waals surface area (Å²) in [5.74, 6) is 0.476. The normalized spacial score (nSPS) is 17.1. The smallest absolute Gasteiger partial charge is 0.336 e. The minimum Gasteiger partial charge on any atom is -0.504 e. The van der Waals surface area contributed by atoms with Gasteiger partial charge in [0, 0.05) is 6.08 Å². The quantitative estimate of drug-likeness (QED) is 0.0870. The first-order valence-electron chi connectivity index (χ1n) is 15.1. The van der Waals surface area contributed by atoms with E-state index in [9.17, 15) is 15.0 Å². The van der Waals surface area contributed by atoms with E-state index in [1.165, 1.54) is 41.0 Å². The molecular formula is C37H48O5. The standard InChI is InChI=1S/C37H48O5/c1-25(2)11-8-12-26(3)13-9-14-27(4)15-10-21-37(7)22-20-31-24-34(28(5)29(6)36(31)42-37)41-35(40)19-17-30-16-18-32(38)33(39)23-30/h11,13,15-19,23-24,38-39H,8-10,12,14,20-22H2,1-7H3/b19-17+,26-13+,27-15+/t37-/m1/s1. The van der Waals surface area contributed by atoms with Crippen LogP contribution in [0.25, 0.3) is 6.08 Å². The third-order valence-corrected chi connectivity index (χ3v) is 8.05. The van der Waals surface area contributed by atoms with E-state index in [2.05, 4.69) is 52.8 Å². The van der Waals surface area contributed by atoms with Crippen molar-refractivity contribution in [3.8, 4) is 23.0 Å². The van der Waals surface area contributed by atoms with Crippen LogP contribution in [0.4, 0.5) is 0 Å². The molecule has 0 saturated heterocycles. The molecule has 42 heavy (non-hydrogen) atoms. The number of aromatic hydroxyl groups is 2. The predicted octanol–water partition coefficient (Wildman–Crippen LogP) is 9.62. The second-order valence-electron chi connectivity index (χ2n) is 12.2. The molecule has 1 heterocycles. The molecule has 0 radical (unpaired) electrons. The van der Waals surface area contributed by atoms with Crippen LogP contribution in [0, 0.1) is 13.8 Å². The average molecular weight is 573 g/mol. The number of aryl methyl sites for hydroxylation is 1. The molecule has 0 spiro atoms. The molecular weight excluding hydrogens is 524 g/mol. The molecule has 2 aromatic carbocycles. The van der Waals surface area contributed by atoms with Gasteiger partial charge in [0.1, 0.15) is 17.1 Å². The summed E-state index contributed by atoms with van der Waals surface area (Å²) in [6, 6.07) is 6.28. The zero-order valence-electron chi connectivity index (χ0n) is 26.5. The number of carbonyl (C=O) groups excluding carboxylic acids is 1. The van der Waals surface area contributed by atoms with Crippen LogP contribution >= 0.6 is 0 Å². The third-order valence-electron chi connectivity index (χ3n) is 8.05. The fraction of sp³-hybridized carbons (Fsp3) is 0.432. The topological polar surface area (TPSA) is 76.0 Å². The molecule has 2 aromatic rings. The lowest BCUT2D eigenvalue weighted by molar-refractivity contribution is -0.128. The molecule has 5 nitrogen and oxygen atoms in total. The zero-order valence-corrected chi connectivity index (χ0v) is 26.5. The maximum absolute atomic E-state index is 12.5. The number of rotatable bonds is 12. The molecule has 226 valence electrons. The van der Waals surface area contributed by atoms with Crippen molar-refractivity contribution in [1.82, 2.24) is 0 Å². The van der Waals surface area contributed by atoms with Crippen molar-refractivity contribution in [3.63, 3.8) is 0 Å². The SMILES string of the molecule is CC(C)=CCC/C(C)=C/CC/C(C)=C/CC[C@]1(C)CCc2cc(OC(=O)/C=C/c3ccc(O)c(O)c3)c(C)c(C)c2O1. The number of phenolic OH excluding ortho intramolecular Hbond substituents is 2. The van der Waals surface area contributed by atoms with Crippen molar-refractivity contribution in [2.45, 2.75) is 105 Å². The van der Waals surface area contributed by atoms with Crippen molar-refractivity contribution in [3.05, 3.63) is 87.5 Å². The average Bonchev–Trinajstić information content (AvgIpc) is 2.92. The van der Waals surface area contributed by atoms with Gasteiger partial charge in [-0.2, -0.15) is 0 Å². The highest BCUT2D eigenvalue weighted by Gasteiger charge is 2.33. The molecule has 1 atom stereocenters. The Labute approximate surface area is 252 Å². The van der Waals surface area contributed by atoms with Gasteiger partial charge in [-0.25, -0.2) is 4.79 Å². The molecule has 1 aliphatic rings. The number of phenols is 2. The number of fused-ring (bicyclic) bond motifs is 1. The summed E-state index contributed by atoms with van der Waals surface area (Å²) in [6.45, 7) is 14.9. The van der Waals surface area contributed by atoms with E-state index in [1.54, 1.807) is 6.07 Å². The molecule has 0 unspecified atom stereocenters. The monoisotopic (exact) mass is 572 g/mol. The molecule has 0 saturated carbocycles. The van der Waals surface area contributed by atoms with Gasteiger partial charge < -0.3 is 19.7 Å². The van der Waals surface area contributed by atoms with E-state index in [-0.39, 0.29) is 17.1 Å². The first kappa shape index (κ1) is 32.8. The van der Waals surface area contributed by atoms with Gasteiger partial charge in [-0.1, -0.05) is 41.0 Å². The lowest BCUT2D eigenvalue weighted by Gasteiger charge is -2.37. The molecule has 0 bridgehead atoms. The van der Waals surface area contributed by atoms with Crippen LogP contribution in [0.2, 0.25) is 0 Å². The van der Waals surface area contributed by atoms with Crippen LogP contribution < -0.4 is 9.47 Å². The number of esters is 1. The van der Waals surface area contributed by atoms with Gasteiger partial charge in [0.15, 0.2) is 11.5 Å². The number of hydrogen-bond donors (Lipinski definition) is 2. The van der Waals surface area contributed by atoms with Gasteiger partial charge in [-0.15, -0.1) is 0 Å². The molecule has 2 N–H and O–H groups in total. The maximum atomic E-state index is 12.5. The Morgan fingerprint density at radius 1 is 0.929 bits per heavy atom. The van der Waals surface area contributed by atoms with E-state index < -0.39 is 5.97 Å². The van der Waals surface area contributed by atoms with Crippen LogP contribution in [0.5, 0.6) is 23.0 Å².